The van der Waals surface area contributed by atoms with Gasteiger partial charge in [-0.15, -0.1) is 0 Å². The van der Waals surface area contributed by atoms with E-state index in [0.717, 1.165) is 18.2 Å². The molecule has 1 aliphatic heterocycles. The van der Waals surface area contributed by atoms with Crippen LogP contribution in [0.5, 0.6) is 5.75 Å². The van der Waals surface area contributed by atoms with Gasteiger partial charge in [0.1, 0.15) is 17.0 Å². The molecule has 3 heterocycles. The summed E-state index contributed by atoms with van der Waals surface area (Å²) in [7, 11) is 1.47. The second kappa shape index (κ2) is 8.75. The first-order chi connectivity index (χ1) is 17.5. The Hall–Kier alpha value is -4.15. The van der Waals surface area contributed by atoms with Crippen molar-refractivity contribution >= 4 is 22.7 Å². The monoisotopic (exact) mass is 516 g/mol. The summed E-state index contributed by atoms with van der Waals surface area (Å²) < 4.78 is 75.8. The summed E-state index contributed by atoms with van der Waals surface area (Å²) in [6, 6.07) is 9.68. The molecule has 0 amide bonds. The highest BCUT2D eigenvalue weighted by Crippen LogP contribution is 2.38. The summed E-state index contributed by atoms with van der Waals surface area (Å²) in [6.45, 7) is 3.09. The molecule has 6 nitrogen and oxygen atoms in total. The molecule has 1 fully saturated rings. The van der Waals surface area contributed by atoms with E-state index in [-0.39, 0.29) is 23.4 Å². The number of hydrogen-bond donors (Lipinski definition) is 1. The van der Waals surface area contributed by atoms with E-state index >= 15 is 0 Å². The van der Waals surface area contributed by atoms with Gasteiger partial charge in [-0.2, -0.15) is 23.0 Å². The molecule has 0 radical (unpaired) electrons. The van der Waals surface area contributed by atoms with E-state index in [0.29, 0.717) is 26.9 Å². The minimum absolute atomic E-state index is 0.0326. The summed E-state index contributed by atoms with van der Waals surface area (Å²) in [4.78, 5) is 17.4. The summed E-state index contributed by atoms with van der Waals surface area (Å²) >= 11 is 0. The van der Waals surface area contributed by atoms with Crippen LogP contribution < -0.4 is 15.2 Å². The number of hydrogen-bond acceptors (Lipinski definition) is 4. The van der Waals surface area contributed by atoms with Gasteiger partial charge in [-0.25, -0.2) is 8.78 Å². The Balaban J connectivity index is 1.77. The summed E-state index contributed by atoms with van der Waals surface area (Å²) in [6.07, 6.45) is -2.18. The van der Waals surface area contributed by atoms with Gasteiger partial charge in [0.15, 0.2) is 0 Å². The highest BCUT2D eigenvalue weighted by molar-refractivity contribution is 5.93. The molecule has 0 bridgehead atoms. The van der Waals surface area contributed by atoms with E-state index in [4.69, 9.17) is 4.74 Å². The number of nitrogens with zero attached hydrogens (tertiary/aromatic N) is 3. The molecule has 192 valence electrons. The number of benzene rings is 2. The van der Waals surface area contributed by atoms with E-state index < -0.39 is 41.9 Å². The molecular formula is C26H21F5N4O2. The zero-order valence-electron chi connectivity index (χ0n) is 19.6. The van der Waals surface area contributed by atoms with Crippen LogP contribution in [0, 0.1) is 0 Å². The summed E-state index contributed by atoms with van der Waals surface area (Å²) in [5.41, 5.74) is -0.937. The number of anilines is 1. The van der Waals surface area contributed by atoms with Crippen LogP contribution in [0.1, 0.15) is 17.5 Å². The minimum Gasteiger partial charge on any atom is -0.497 e. The fraction of sp³-hybridized carbons (Fsp3) is 0.231. The third-order valence-corrected chi connectivity index (χ3v) is 6.33. The Morgan fingerprint density at radius 3 is 2.59 bits per heavy atom. The number of ether oxygens (including phenoxy) is 1. The topological polar surface area (TPSA) is 63.1 Å². The van der Waals surface area contributed by atoms with Crippen molar-refractivity contribution in [2.24, 2.45) is 0 Å². The lowest BCUT2D eigenvalue weighted by Gasteiger charge is -2.22. The van der Waals surface area contributed by atoms with E-state index in [2.05, 4.69) is 16.7 Å². The Morgan fingerprint density at radius 2 is 1.95 bits per heavy atom. The molecule has 0 unspecified atom stereocenters. The van der Waals surface area contributed by atoms with E-state index in [9.17, 15) is 26.7 Å². The van der Waals surface area contributed by atoms with Gasteiger partial charge < -0.3 is 14.6 Å². The van der Waals surface area contributed by atoms with Crippen LogP contribution in [-0.4, -0.2) is 40.9 Å². The van der Waals surface area contributed by atoms with Gasteiger partial charge >= 0.3 is 6.18 Å². The predicted octanol–water partition coefficient (Wildman–Crippen LogP) is 5.90. The quantitative estimate of drug-likeness (QED) is 0.336. The molecule has 4 aromatic rings. The fourth-order valence-electron chi connectivity index (χ4n) is 4.51. The Kier molecular flexibility index (Phi) is 5.81. The second-order valence-electron chi connectivity index (χ2n) is 8.76. The van der Waals surface area contributed by atoms with Crippen molar-refractivity contribution in [3.63, 3.8) is 0 Å². The largest absolute Gasteiger partial charge is 0.497 e. The molecule has 1 saturated heterocycles. The van der Waals surface area contributed by atoms with Gasteiger partial charge in [-0.1, -0.05) is 12.7 Å². The number of aromatic nitrogens is 3. The molecule has 37 heavy (non-hydrogen) atoms. The number of rotatable bonds is 5. The Labute approximate surface area is 207 Å². The first kappa shape index (κ1) is 24.5. The maximum atomic E-state index is 14.1. The third-order valence-electron chi connectivity index (χ3n) is 6.33. The molecule has 0 atom stereocenters. The number of nitrogens with one attached hydrogen (secondary N) is 1. The SMILES string of the molecule is C=Cc1cc(OC)cc(-c2nn(-c3cc(N4CCC(F)(F)C4)ccc3C(F)(F)F)c(=O)c3[nH]ccc23)c1. The third kappa shape index (κ3) is 4.45. The molecule has 2 aromatic heterocycles. The van der Waals surface area contributed by atoms with Crippen molar-refractivity contribution in [1.29, 1.82) is 0 Å². The zero-order chi connectivity index (χ0) is 26.5. The van der Waals surface area contributed by atoms with E-state index in [1.807, 2.05) is 0 Å². The number of halogens is 5. The first-order valence-corrected chi connectivity index (χ1v) is 11.3. The van der Waals surface area contributed by atoms with Gasteiger partial charge in [-0.05, 0) is 48.0 Å². The van der Waals surface area contributed by atoms with Gasteiger partial charge in [0.2, 0.25) is 0 Å². The van der Waals surface area contributed by atoms with Crippen molar-refractivity contribution in [3.05, 3.63) is 76.7 Å². The smallest absolute Gasteiger partial charge is 0.418 e. The number of alkyl halides is 5. The Bertz CT molecular complexity index is 1570. The molecule has 0 aliphatic carbocycles. The molecule has 1 aliphatic rings. The van der Waals surface area contributed by atoms with Crippen molar-refractivity contribution in [2.75, 3.05) is 25.1 Å². The van der Waals surface area contributed by atoms with Crippen molar-refractivity contribution in [3.8, 4) is 22.7 Å². The number of H-pyrrole nitrogens is 1. The number of methoxy groups -OCH3 is 1. The van der Waals surface area contributed by atoms with Crippen molar-refractivity contribution < 1.29 is 26.7 Å². The van der Waals surface area contributed by atoms with Gasteiger partial charge in [0, 0.05) is 35.8 Å². The van der Waals surface area contributed by atoms with E-state index in [1.54, 1.807) is 30.3 Å². The lowest BCUT2D eigenvalue weighted by molar-refractivity contribution is -0.137. The maximum Gasteiger partial charge on any atom is 0.418 e. The van der Waals surface area contributed by atoms with Gasteiger partial charge in [0.25, 0.3) is 11.5 Å². The second-order valence-corrected chi connectivity index (χ2v) is 8.76. The minimum atomic E-state index is -4.83. The standard InChI is InChI=1S/C26H21F5N4O2/c1-3-15-10-16(12-18(11-15)37-2)22-19-6-8-32-23(19)24(36)35(33-22)21-13-17(4-5-20(21)26(29,30)31)34-9-7-25(27,28)14-34/h3-6,8,10-13,32H,1,7,9,14H2,2H3. The molecule has 2 aromatic carbocycles. The van der Waals surface area contributed by atoms with Gasteiger partial charge in [0.05, 0.1) is 24.9 Å². The normalized spacial score (nSPS) is 15.4. The van der Waals surface area contributed by atoms with Crippen molar-refractivity contribution in [2.45, 2.75) is 18.5 Å². The van der Waals surface area contributed by atoms with Crippen LogP contribution in [0.25, 0.3) is 33.9 Å². The highest BCUT2D eigenvalue weighted by Gasteiger charge is 2.40. The number of fused-ring (bicyclic) bond motifs is 1. The highest BCUT2D eigenvalue weighted by atomic mass is 19.4. The van der Waals surface area contributed by atoms with Crippen LogP contribution >= 0.6 is 0 Å². The summed E-state index contributed by atoms with van der Waals surface area (Å²) in [5, 5.41) is 4.76. The lowest BCUT2D eigenvalue weighted by atomic mass is 10.0. The van der Waals surface area contributed by atoms with Crippen molar-refractivity contribution in [1.82, 2.24) is 14.8 Å². The molecule has 11 heteroatoms. The number of aromatic amines is 1. The zero-order valence-corrected chi connectivity index (χ0v) is 19.6. The molecule has 0 spiro atoms. The molecule has 5 rings (SSSR count). The van der Waals surface area contributed by atoms with Crippen LogP contribution in [0.15, 0.2) is 60.0 Å². The Morgan fingerprint density at radius 1 is 1.16 bits per heavy atom. The van der Waals surface area contributed by atoms with Crippen LogP contribution in [0.4, 0.5) is 27.6 Å². The van der Waals surface area contributed by atoms with Crippen LogP contribution in [0.3, 0.4) is 0 Å². The first-order valence-electron chi connectivity index (χ1n) is 11.3. The van der Waals surface area contributed by atoms with Gasteiger partial charge in [-0.3, -0.25) is 4.79 Å². The van der Waals surface area contributed by atoms with E-state index in [1.165, 1.54) is 18.2 Å². The van der Waals surface area contributed by atoms with Crippen LogP contribution in [-0.2, 0) is 6.18 Å². The molecular weight excluding hydrogens is 495 g/mol. The summed E-state index contributed by atoms with van der Waals surface area (Å²) in [5.74, 6) is -2.49. The lowest BCUT2D eigenvalue weighted by Crippen LogP contribution is -2.27. The van der Waals surface area contributed by atoms with Crippen LogP contribution in [0.2, 0.25) is 0 Å². The fourth-order valence-corrected chi connectivity index (χ4v) is 4.51. The molecule has 1 N–H and O–H groups in total. The average Bonchev–Trinajstić information content (AvgIpc) is 3.50. The molecule has 0 saturated carbocycles. The predicted molar refractivity (Wildman–Crippen MR) is 131 cm³/mol. The average molecular weight is 516 g/mol. The maximum absolute atomic E-state index is 14.1.